The van der Waals surface area contributed by atoms with Crippen LogP contribution < -0.4 is 15.4 Å². The average molecular weight is 486 g/mol. The summed E-state index contributed by atoms with van der Waals surface area (Å²) in [6.45, 7) is 9.47. The molecule has 0 radical (unpaired) electrons. The van der Waals surface area contributed by atoms with Gasteiger partial charge in [0.25, 0.3) is 0 Å². The van der Waals surface area contributed by atoms with Crippen molar-refractivity contribution in [3.8, 4) is 0 Å². The number of halogens is 1. The predicted molar refractivity (Wildman–Crippen MR) is 113 cm³/mol. The molecule has 0 saturated heterocycles. The first kappa shape index (κ1) is 24.1. The van der Waals surface area contributed by atoms with Gasteiger partial charge in [-0.15, -0.1) is 24.0 Å². The van der Waals surface area contributed by atoms with Crippen LogP contribution in [-0.2, 0) is 16.6 Å². The zero-order valence-electron chi connectivity index (χ0n) is 15.5. The molecule has 1 aromatic heterocycles. The van der Waals surface area contributed by atoms with Crippen molar-refractivity contribution in [3.63, 3.8) is 0 Å². The number of rotatable bonds is 10. The molecule has 8 nitrogen and oxygen atoms in total. The molecule has 0 aromatic carbocycles. The van der Waals surface area contributed by atoms with Crippen LogP contribution in [0.2, 0.25) is 0 Å². The Morgan fingerprint density at radius 2 is 1.96 bits per heavy atom. The molecular weight excluding hydrogens is 455 g/mol. The summed E-state index contributed by atoms with van der Waals surface area (Å²) < 4.78 is 26.4. The number of guanidine groups is 1. The molecule has 1 heterocycles. The van der Waals surface area contributed by atoms with E-state index in [2.05, 4.69) is 38.4 Å². The highest BCUT2D eigenvalue weighted by Crippen LogP contribution is 2.02. The minimum atomic E-state index is -3.11. The molecule has 0 amide bonds. The highest BCUT2D eigenvalue weighted by atomic mass is 127. The predicted octanol–water partition coefficient (Wildman–Crippen LogP) is 1.00. The Bertz CT molecular complexity index is 630. The van der Waals surface area contributed by atoms with Crippen molar-refractivity contribution >= 4 is 40.0 Å². The van der Waals surface area contributed by atoms with Crippen molar-refractivity contribution in [2.24, 2.45) is 4.99 Å². The van der Waals surface area contributed by atoms with Gasteiger partial charge in [0.2, 0.25) is 10.0 Å². The van der Waals surface area contributed by atoms with E-state index in [9.17, 15) is 8.42 Å². The fourth-order valence-corrected chi connectivity index (χ4v) is 2.72. The van der Waals surface area contributed by atoms with Gasteiger partial charge in [-0.25, -0.2) is 13.1 Å². The summed E-state index contributed by atoms with van der Waals surface area (Å²) >= 11 is 0. The van der Waals surface area contributed by atoms with Gasteiger partial charge in [-0.3, -0.25) is 9.67 Å². The molecule has 0 bridgehead atoms. The lowest BCUT2D eigenvalue weighted by Gasteiger charge is -2.11. The molecule has 1 rings (SSSR count). The van der Waals surface area contributed by atoms with Crippen molar-refractivity contribution in [2.75, 3.05) is 32.4 Å². The average Bonchev–Trinajstić information content (AvgIpc) is 2.79. The number of sulfonamides is 1. The normalized spacial score (nSPS) is 11.9. The van der Waals surface area contributed by atoms with Crippen molar-refractivity contribution in [2.45, 2.75) is 40.2 Å². The first-order chi connectivity index (χ1) is 11.3. The minimum absolute atomic E-state index is 0. The zero-order chi connectivity index (χ0) is 18.0. The topological polar surface area (TPSA) is 100 Å². The Hall–Kier alpha value is -0.880. The van der Waals surface area contributed by atoms with Crippen LogP contribution >= 0.6 is 24.0 Å². The smallest absolute Gasteiger partial charge is 0.208 e. The molecule has 0 aliphatic carbocycles. The van der Waals surface area contributed by atoms with Gasteiger partial charge in [0.1, 0.15) is 0 Å². The standard InChI is InChI=1S/C15H30N6O2S.HI/c1-5-16-15(17-8-6-10-19-24(4,22)23)18-9-7-11-21-14(3)12-13(2)20-21;/h12,19H,5-11H2,1-4H3,(H2,16,17,18);1H. The third kappa shape index (κ3) is 11.4. The summed E-state index contributed by atoms with van der Waals surface area (Å²) in [6.07, 6.45) is 2.77. The SMILES string of the molecule is CCNC(=NCCCn1nc(C)cc1C)NCCCNS(C)(=O)=O.I. The Morgan fingerprint density at radius 1 is 1.24 bits per heavy atom. The monoisotopic (exact) mass is 486 g/mol. The van der Waals surface area contributed by atoms with E-state index in [1.807, 2.05) is 18.5 Å². The van der Waals surface area contributed by atoms with Gasteiger partial charge in [0, 0.05) is 38.4 Å². The third-order valence-corrected chi connectivity index (χ3v) is 3.98. The molecule has 25 heavy (non-hydrogen) atoms. The van der Waals surface area contributed by atoms with Gasteiger partial charge in [0.05, 0.1) is 11.9 Å². The second-order valence-electron chi connectivity index (χ2n) is 5.71. The number of aromatic nitrogens is 2. The fourth-order valence-electron chi connectivity index (χ4n) is 2.21. The van der Waals surface area contributed by atoms with Crippen molar-refractivity contribution < 1.29 is 8.42 Å². The Kier molecular flexibility index (Phi) is 12.0. The summed E-state index contributed by atoms with van der Waals surface area (Å²) in [5.74, 6) is 0.755. The maximum atomic E-state index is 11.0. The van der Waals surface area contributed by atoms with E-state index in [-0.39, 0.29) is 24.0 Å². The highest BCUT2D eigenvalue weighted by molar-refractivity contribution is 14.0. The Balaban J connectivity index is 0.00000576. The first-order valence-electron chi connectivity index (χ1n) is 8.29. The van der Waals surface area contributed by atoms with Crippen LogP contribution in [0, 0.1) is 13.8 Å². The number of nitrogens with zero attached hydrogens (tertiary/aromatic N) is 3. The molecule has 0 unspecified atom stereocenters. The molecule has 0 spiro atoms. The number of aliphatic imine (C=N–C) groups is 1. The van der Waals surface area contributed by atoms with E-state index < -0.39 is 10.0 Å². The van der Waals surface area contributed by atoms with Crippen LogP contribution in [0.25, 0.3) is 0 Å². The van der Waals surface area contributed by atoms with Crippen LogP contribution in [-0.4, -0.2) is 56.6 Å². The van der Waals surface area contributed by atoms with E-state index in [1.54, 1.807) is 0 Å². The lowest BCUT2D eigenvalue weighted by Crippen LogP contribution is -2.38. The van der Waals surface area contributed by atoms with E-state index in [4.69, 9.17) is 0 Å². The first-order valence-corrected chi connectivity index (χ1v) is 10.2. The summed E-state index contributed by atoms with van der Waals surface area (Å²) in [4.78, 5) is 4.53. The maximum Gasteiger partial charge on any atom is 0.208 e. The van der Waals surface area contributed by atoms with E-state index in [0.717, 1.165) is 37.4 Å². The number of nitrogens with one attached hydrogen (secondary N) is 3. The van der Waals surface area contributed by atoms with Gasteiger partial charge in [-0.05, 0) is 39.7 Å². The van der Waals surface area contributed by atoms with Crippen LogP contribution in [0.4, 0.5) is 0 Å². The van der Waals surface area contributed by atoms with Crippen LogP contribution in [0.15, 0.2) is 11.1 Å². The molecule has 3 N–H and O–H groups in total. The Morgan fingerprint density at radius 3 is 2.52 bits per heavy atom. The second-order valence-corrected chi connectivity index (χ2v) is 7.54. The third-order valence-electron chi connectivity index (χ3n) is 3.26. The molecular formula is C15H31IN6O2S. The molecule has 0 atom stereocenters. The molecule has 0 aliphatic heterocycles. The van der Waals surface area contributed by atoms with E-state index >= 15 is 0 Å². The molecule has 146 valence electrons. The van der Waals surface area contributed by atoms with E-state index in [0.29, 0.717) is 26.1 Å². The largest absolute Gasteiger partial charge is 0.357 e. The molecule has 0 aliphatic rings. The van der Waals surface area contributed by atoms with Crippen LogP contribution in [0.3, 0.4) is 0 Å². The van der Waals surface area contributed by atoms with Crippen LogP contribution in [0.1, 0.15) is 31.2 Å². The summed E-state index contributed by atoms with van der Waals surface area (Å²) in [5.41, 5.74) is 2.20. The van der Waals surface area contributed by atoms with Crippen molar-refractivity contribution in [1.82, 2.24) is 25.1 Å². The van der Waals surface area contributed by atoms with Gasteiger partial charge < -0.3 is 10.6 Å². The van der Waals surface area contributed by atoms with Gasteiger partial charge in [-0.2, -0.15) is 5.10 Å². The molecule has 0 fully saturated rings. The Labute approximate surface area is 168 Å². The second kappa shape index (κ2) is 12.5. The molecule has 10 heteroatoms. The van der Waals surface area contributed by atoms with Gasteiger partial charge in [-0.1, -0.05) is 0 Å². The number of hydrogen-bond donors (Lipinski definition) is 3. The molecule has 1 aromatic rings. The lowest BCUT2D eigenvalue weighted by molar-refractivity contribution is 0.566. The van der Waals surface area contributed by atoms with Gasteiger partial charge in [0.15, 0.2) is 5.96 Å². The number of hydrogen-bond acceptors (Lipinski definition) is 4. The zero-order valence-corrected chi connectivity index (χ0v) is 18.6. The van der Waals surface area contributed by atoms with Crippen LogP contribution in [0.5, 0.6) is 0 Å². The summed E-state index contributed by atoms with van der Waals surface area (Å²) in [5, 5.41) is 10.8. The molecule has 0 saturated carbocycles. The lowest BCUT2D eigenvalue weighted by atomic mass is 10.4. The van der Waals surface area contributed by atoms with Crippen molar-refractivity contribution in [3.05, 3.63) is 17.5 Å². The van der Waals surface area contributed by atoms with Gasteiger partial charge >= 0.3 is 0 Å². The number of aryl methyl sites for hydroxylation is 3. The summed E-state index contributed by atoms with van der Waals surface area (Å²) in [6, 6.07) is 2.07. The maximum absolute atomic E-state index is 11.0. The highest BCUT2D eigenvalue weighted by Gasteiger charge is 2.02. The minimum Gasteiger partial charge on any atom is -0.357 e. The summed E-state index contributed by atoms with van der Waals surface area (Å²) in [7, 11) is -3.11. The van der Waals surface area contributed by atoms with Crippen molar-refractivity contribution in [1.29, 1.82) is 0 Å². The quantitative estimate of drug-likeness (QED) is 0.198. The van der Waals surface area contributed by atoms with E-state index in [1.165, 1.54) is 5.69 Å². The fraction of sp³-hybridized carbons (Fsp3) is 0.733.